The van der Waals surface area contributed by atoms with Gasteiger partial charge in [-0.2, -0.15) is 0 Å². The van der Waals surface area contributed by atoms with Crippen LogP contribution in [0.25, 0.3) is 0 Å². The Morgan fingerprint density at radius 3 is 2.76 bits per heavy atom. The summed E-state index contributed by atoms with van der Waals surface area (Å²) in [4.78, 5) is 2.59. The Morgan fingerprint density at radius 2 is 2.18 bits per heavy atom. The molecule has 0 spiro atoms. The van der Waals surface area contributed by atoms with Crippen molar-refractivity contribution in [2.24, 2.45) is 11.1 Å². The van der Waals surface area contributed by atoms with E-state index in [0.717, 1.165) is 26.1 Å². The molecule has 1 saturated heterocycles. The largest absolute Gasteiger partial charge is 0.377 e. The molecule has 0 radical (unpaired) electrons. The van der Waals surface area contributed by atoms with Crippen molar-refractivity contribution in [3.05, 3.63) is 0 Å². The van der Waals surface area contributed by atoms with Crippen molar-refractivity contribution in [2.75, 3.05) is 32.8 Å². The summed E-state index contributed by atoms with van der Waals surface area (Å²) in [5.74, 6) is 0. The average molecular weight is 240 g/mol. The van der Waals surface area contributed by atoms with Gasteiger partial charge in [0.15, 0.2) is 0 Å². The van der Waals surface area contributed by atoms with Crippen LogP contribution >= 0.6 is 0 Å². The van der Waals surface area contributed by atoms with E-state index in [2.05, 4.69) is 11.8 Å². The van der Waals surface area contributed by atoms with Gasteiger partial charge in [0.1, 0.15) is 0 Å². The molecule has 2 aliphatic rings. The maximum Gasteiger partial charge on any atom is 0.0702 e. The maximum absolute atomic E-state index is 5.94. The number of hydrogen-bond donors (Lipinski definition) is 1. The zero-order valence-corrected chi connectivity index (χ0v) is 11.3. The first kappa shape index (κ1) is 13.3. The molecule has 1 atom stereocenters. The second-order valence-electron chi connectivity index (χ2n) is 5.93. The molecule has 0 aromatic carbocycles. The van der Waals surface area contributed by atoms with Crippen molar-refractivity contribution >= 4 is 0 Å². The third-order valence-corrected chi connectivity index (χ3v) is 4.43. The molecule has 0 bridgehead atoms. The topological polar surface area (TPSA) is 38.5 Å². The smallest absolute Gasteiger partial charge is 0.0702 e. The first-order chi connectivity index (χ1) is 8.28. The van der Waals surface area contributed by atoms with Gasteiger partial charge >= 0.3 is 0 Å². The molecular formula is C14H28N2O. The van der Waals surface area contributed by atoms with Gasteiger partial charge in [0, 0.05) is 19.7 Å². The number of likely N-dealkylation sites (tertiary alicyclic amines) is 1. The first-order valence-electron chi connectivity index (χ1n) is 7.32. The Kier molecular flexibility index (Phi) is 4.83. The molecule has 1 aliphatic heterocycles. The average Bonchev–Trinajstić information content (AvgIpc) is 2.32. The lowest BCUT2D eigenvalue weighted by Crippen LogP contribution is -2.50. The van der Waals surface area contributed by atoms with Crippen molar-refractivity contribution in [3.63, 3.8) is 0 Å². The summed E-state index contributed by atoms with van der Waals surface area (Å²) in [6.45, 7) is 7.54. The Balaban J connectivity index is 1.76. The SMILES string of the molecule is CCCOC1CCCN(CC2(CN)CCC2)C1. The second-order valence-corrected chi connectivity index (χ2v) is 5.93. The van der Waals surface area contributed by atoms with Crippen molar-refractivity contribution < 1.29 is 4.74 Å². The fourth-order valence-electron chi connectivity index (χ4n) is 3.16. The number of rotatable bonds is 6. The van der Waals surface area contributed by atoms with Gasteiger partial charge in [-0.3, -0.25) is 0 Å². The number of hydrogen-bond acceptors (Lipinski definition) is 3. The minimum atomic E-state index is 0.451. The quantitative estimate of drug-likeness (QED) is 0.772. The Labute approximate surface area is 106 Å². The van der Waals surface area contributed by atoms with Crippen LogP contribution < -0.4 is 5.73 Å². The lowest BCUT2D eigenvalue weighted by molar-refractivity contribution is -0.0217. The molecule has 3 heteroatoms. The molecule has 0 aromatic heterocycles. The Bertz CT molecular complexity index is 223. The van der Waals surface area contributed by atoms with Crippen LogP contribution in [0, 0.1) is 5.41 Å². The Morgan fingerprint density at radius 1 is 1.35 bits per heavy atom. The summed E-state index contributed by atoms with van der Waals surface area (Å²) >= 11 is 0. The van der Waals surface area contributed by atoms with E-state index in [1.165, 1.54) is 45.2 Å². The molecule has 0 aromatic rings. The molecular weight excluding hydrogens is 212 g/mol. The summed E-state index contributed by atoms with van der Waals surface area (Å²) in [6, 6.07) is 0. The van der Waals surface area contributed by atoms with Gasteiger partial charge in [-0.05, 0) is 50.6 Å². The van der Waals surface area contributed by atoms with E-state index in [1.54, 1.807) is 0 Å². The highest BCUT2D eigenvalue weighted by molar-refractivity contribution is 4.92. The van der Waals surface area contributed by atoms with E-state index in [9.17, 15) is 0 Å². The van der Waals surface area contributed by atoms with Crippen LogP contribution in [0.3, 0.4) is 0 Å². The van der Waals surface area contributed by atoms with E-state index in [1.807, 2.05) is 0 Å². The summed E-state index contributed by atoms with van der Waals surface area (Å²) in [5, 5.41) is 0. The molecule has 1 unspecified atom stereocenters. The molecule has 1 heterocycles. The zero-order chi connectivity index (χ0) is 12.1. The van der Waals surface area contributed by atoms with E-state index >= 15 is 0 Å². The van der Waals surface area contributed by atoms with Crippen LogP contribution in [0.1, 0.15) is 45.4 Å². The molecule has 100 valence electrons. The number of piperidine rings is 1. The number of nitrogens with two attached hydrogens (primary N) is 1. The van der Waals surface area contributed by atoms with Crippen LogP contribution in [0.2, 0.25) is 0 Å². The summed E-state index contributed by atoms with van der Waals surface area (Å²) < 4.78 is 5.89. The van der Waals surface area contributed by atoms with Crippen molar-refractivity contribution in [2.45, 2.75) is 51.6 Å². The predicted octanol–water partition coefficient (Wildman–Crippen LogP) is 2.01. The normalized spacial score (nSPS) is 28.9. The highest BCUT2D eigenvalue weighted by Crippen LogP contribution is 2.40. The van der Waals surface area contributed by atoms with Crippen LogP contribution in [-0.4, -0.2) is 43.8 Å². The van der Waals surface area contributed by atoms with Crippen LogP contribution in [0.15, 0.2) is 0 Å². The molecule has 2 rings (SSSR count). The Hall–Kier alpha value is -0.120. The third kappa shape index (κ3) is 3.43. The predicted molar refractivity (Wildman–Crippen MR) is 71.0 cm³/mol. The first-order valence-corrected chi connectivity index (χ1v) is 7.32. The maximum atomic E-state index is 5.94. The minimum Gasteiger partial charge on any atom is -0.377 e. The lowest BCUT2D eigenvalue weighted by Gasteiger charge is -2.46. The summed E-state index contributed by atoms with van der Waals surface area (Å²) in [6.07, 6.45) is 8.17. The van der Waals surface area contributed by atoms with Gasteiger partial charge in [0.25, 0.3) is 0 Å². The third-order valence-electron chi connectivity index (χ3n) is 4.43. The van der Waals surface area contributed by atoms with Gasteiger partial charge in [0.2, 0.25) is 0 Å². The highest BCUT2D eigenvalue weighted by Gasteiger charge is 2.38. The van der Waals surface area contributed by atoms with Gasteiger partial charge in [-0.15, -0.1) is 0 Å². The van der Waals surface area contributed by atoms with Gasteiger partial charge < -0.3 is 15.4 Å². The molecule has 3 nitrogen and oxygen atoms in total. The second kappa shape index (κ2) is 6.17. The van der Waals surface area contributed by atoms with E-state index in [4.69, 9.17) is 10.5 Å². The monoisotopic (exact) mass is 240 g/mol. The van der Waals surface area contributed by atoms with Gasteiger partial charge in [-0.25, -0.2) is 0 Å². The van der Waals surface area contributed by atoms with Crippen LogP contribution in [-0.2, 0) is 4.74 Å². The standard InChI is InChI=1S/C14H28N2O/c1-2-9-17-13-5-3-8-16(10-13)12-14(11-15)6-4-7-14/h13H,2-12,15H2,1H3. The summed E-state index contributed by atoms with van der Waals surface area (Å²) in [5.41, 5.74) is 6.39. The van der Waals surface area contributed by atoms with Crippen molar-refractivity contribution in [3.8, 4) is 0 Å². The highest BCUT2D eigenvalue weighted by atomic mass is 16.5. The lowest BCUT2D eigenvalue weighted by atomic mass is 9.68. The van der Waals surface area contributed by atoms with Crippen molar-refractivity contribution in [1.29, 1.82) is 0 Å². The fraction of sp³-hybridized carbons (Fsp3) is 1.00. The van der Waals surface area contributed by atoms with E-state index < -0.39 is 0 Å². The molecule has 0 amide bonds. The van der Waals surface area contributed by atoms with Crippen LogP contribution in [0.4, 0.5) is 0 Å². The molecule has 2 fully saturated rings. The van der Waals surface area contributed by atoms with E-state index in [0.29, 0.717) is 11.5 Å². The van der Waals surface area contributed by atoms with Gasteiger partial charge in [-0.1, -0.05) is 13.3 Å². The molecule has 1 saturated carbocycles. The molecule has 2 N–H and O–H groups in total. The van der Waals surface area contributed by atoms with Crippen LogP contribution in [0.5, 0.6) is 0 Å². The molecule has 1 aliphatic carbocycles. The van der Waals surface area contributed by atoms with Crippen molar-refractivity contribution in [1.82, 2.24) is 4.90 Å². The van der Waals surface area contributed by atoms with Gasteiger partial charge in [0.05, 0.1) is 6.10 Å². The van der Waals surface area contributed by atoms with E-state index in [-0.39, 0.29) is 0 Å². The zero-order valence-electron chi connectivity index (χ0n) is 11.3. The number of ether oxygens (including phenoxy) is 1. The molecule has 17 heavy (non-hydrogen) atoms. The fourth-order valence-corrected chi connectivity index (χ4v) is 3.16. The number of nitrogens with zero attached hydrogens (tertiary/aromatic N) is 1. The minimum absolute atomic E-state index is 0.451. The summed E-state index contributed by atoms with van der Waals surface area (Å²) in [7, 11) is 0.